The molecule has 1 fully saturated rings. The summed E-state index contributed by atoms with van der Waals surface area (Å²) >= 11 is 0. The van der Waals surface area contributed by atoms with Gasteiger partial charge in [0, 0.05) is 6.04 Å². The summed E-state index contributed by atoms with van der Waals surface area (Å²) in [7, 11) is 0. The summed E-state index contributed by atoms with van der Waals surface area (Å²) in [6.07, 6.45) is 7.05. The second-order valence-electron chi connectivity index (χ2n) is 4.77. The average Bonchev–Trinajstić information content (AvgIpc) is 2.14. The Bertz CT molecular complexity index is 133. The van der Waals surface area contributed by atoms with Crippen molar-refractivity contribution in [3.05, 3.63) is 0 Å². The van der Waals surface area contributed by atoms with Crippen LogP contribution in [-0.2, 0) is 0 Å². The van der Waals surface area contributed by atoms with E-state index in [-0.39, 0.29) is 0 Å². The van der Waals surface area contributed by atoms with Crippen molar-refractivity contribution in [3.8, 4) is 0 Å². The minimum absolute atomic E-state index is 0.739. The lowest BCUT2D eigenvalue weighted by atomic mass is 9.79. The van der Waals surface area contributed by atoms with Gasteiger partial charge in [0.2, 0.25) is 0 Å². The van der Waals surface area contributed by atoms with Gasteiger partial charge in [-0.05, 0) is 44.6 Å². The van der Waals surface area contributed by atoms with Crippen LogP contribution in [0.25, 0.3) is 0 Å². The molecule has 0 saturated heterocycles. The van der Waals surface area contributed by atoms with Gasteiger partial charge >= 0.3 is 0 Å². The molecule has 0 aromatic rings. The van der Waals surface area contributed by atoms with Gasteiger partial charge in [0.05, 0.1) is 0 Å². The third-order valence-electron chi connectivity index (χ3n) is 3.40. The molecule has 3 atom stereocenters. The first-order valence-electron chi connectivity index (χ1n) is 5.97. The summed E-state index contributed by atoms with van der Waals surface area (Å²) in [5.74, 6) is 1.90. The van der Waals surface area contributed by atoms with Crippen LogP contribution >= 0.6 is 0 Å². The highest BCUT2D eigenvalue weighted by atomic mass is 14.9. The zero-order valence-corrected chi connectivity index (χ0v) is 9.47. The van der Waals surface area contributed by atoms with Gasteiger partial charge in [0.15, 0.2) is 0 Å². The van der Waals surface area contributed by atoms with Gasteiger partial charge in [-0.3, -0.25) is 0 Å². The molecule has 0 aliphatic heterocycles. The molecule has 0 bridgehead atoms. The summed E-state index contributed by atoms with van der Waals surface area (Å²) in [6, 6.07) is 0.739. The summed E-state index contributed by atoms with van der Waals surface area (Å²) in [5.41, 5.74) is 0. The van der Waals surface area contributed by atoms with E-state index in [0.717, 1.165) is 17.9 Å². The zero-order chi connectivity index (χ0) is 9.68. The van der Waals surface area contributed by atoms with E-state index >= 15 is 0 Å². The zero-order valence-electron chi connectivity index (χ0n) is 9.47. The van der Waals surface area contributed by atoms with Crippen LogP contribution in [0.15, 0.2) is 0 Å². The SMILES string of the molecule is CCCNC(C)C1CCCC(C)C1. The minimum atomic E-state index is 0.739. The fourth-order valence-electron chi connectivity index (χ4n) is 2.47. The maximum Gasteiger partial charge on any atom is 0.00670 e. The number of rotatable bonds is 4. The van der Waals surface area contributed by atoms with Crippen LogP contribution in [0.2, 0.25) is 0 Å². The lowest BCUT2D eigenvalue weighted by Crippen LogP contribution is -2.36. The topological polar surface area (TPSA) is 12.0 Å². The van der Waals surface area contributed by atoms with Gasteiger partial charge in [-0.2, -0.15) is 0 Å². The predicted octanol–water partition coefficient (Wildman–Crippen LogP) is 3.20. The summed E-state index contributed by atoms with van der Waals surface area (Å²) in [6.45, 7) is 8.19. The van der Waals surface area contributed by atoms with Crippen LogP contribution in [0.3, 0.4) is 0 Å². The van der Waals surface area contributed by atoms with Gasteiger partial charge in [-0.15, -0.1) is 0 Å². The van der Waals surface area contributed by atoms with Gasteiger partial charge in [0.25, 0.3) is 0 Å². The Kier molecular flexibility index (Phi) is 4.79. The normalized spacial score (nSPS) is 31.6. The number of hydrogen-bond acceptors (Lipinski definition) is 1. The maximum atomic E-state index is 3.62. The minimum Gasteiger partial charge on any atom is -0.314 e. The van der Waals surface area contributed by atoms with Crippen molar-refractivity contribution in [3.63, 3.8) is 0 Å². The van der Waals surface area contributed by atoms with Crippen molar-refractivity contribution in [1.29, 1.82) is 0 Å². The highest BCUT2D eigenvalue weighted by Gasteiger charge is 2.22. The van der Waals surface area contributed by atoms with Crippen LogP contribution in [0.4, 0.5) is 0 Å². The smallest absolute Gasteiger partial charge is 0.00670 e. The van der Waals surface area contributed by atoms with E-state index < -0.39 is 0 Å². The standard InChI is InChI=1S/C12H25N/c1-4-8-13-11(3)12-7-5-6-10(2)9-12/h10-13H,4-9H2,1-3H3. The van der Waals surface area contributed by atoms with Crippen molar-refractivity contribution >= 4 is 0 Å². The molecule has 1 aliphatic carbocycles. The molecule has 1 rings (SSSR count). The van der Waals surface area contributed by atoms with E-state index in [2.05, 4.69) is 26.1 Å². The van der Waals surface area contributed by atoms with Crippen molar-refractivity contribution in [1.82, 2.24) is 5.32 Å². The molecule has 78 valence electrons. The van der Waals surface area contributed by atoms with E-state index in [4.69, 9.17) is 0 Å². The van der Waals surface area contributed by atoms with Crippen LogP contribution < -0.4 is 5.32 Å². The second-order valence-corrected chi connectivity index (χ2v) is 4.77. The maximum absolute atomic E-state index is 3.62. The monoisotopic (exact) mass is 183 g/mol. The largest absolute Gasteiger partial charge is 0.314 e. The van der Waals surface area contributed by atoms with Gasteiger partial charge in [0.1, 0.15) is 0 Å². The van der Waals surface area contributed by atoms with Crippen LogP contribution in [0, 0.1) is 11.8 Å². The van der Waals surface area contributed by atoms with E-state index in [1.807, 2.05) is 0 Å². The Hall–Kier alpha value is -0.0400. The molecule has 1 heteroatoms. The Balaban J connectivity index is 2.24. The fourth-order valence-corrected chi connectivity index (χ4v) is 2.47. The number of nitrogens with one attached hydrogen (secondary N) is 1. The van der Waals surface area contributed by atoms with E-state index in [9.17, 15) is 0 Å². The molecule has 3 unspecified atom stereocenters. The van der Waals surface area contributed by atoms with Crippen molar-refractivity contribution in [2.45, 2.75) is 58.9 Å². The quantitative estimate of drug-likeness (QED) is 0.706. The third-order valence-corrected chi connectivity index (χ3v) is 3.40. The molecule has 0 aromatic heterocycles. The van der Waals surface area contributed by atoms with Crippen molar-refractivity contribution < 1.29 is 0 Å². The fraction of sp³-hybridized carbons (Fsp3) is 1.00. The summed E-state index contributed by atoms with van der Waals surface area (Å²) in [5, 5.41) is 3.62. The molecule has 1 aliphatic rings. The molecule has 0 aromatic carbocycles. The van der Waals surface area contributed by atoms with Gasteiger partial charge < -0.3 is 5.32 Å². The lowest BCUT2D eigenvalue weighted by Gasteiger charge is -2.31. The molecule has 1 saturated carbocycles. The highest BCUT2D eigenvalue weighted by Crippen LogP contribution is 2.30. The lowest BCUT2D eigenvalue weighted by molar-refractivity contribution is 0.232. The van der Waals surface area contributed by atoms with E-state index in [0.29, 0.717) is 0 Å². The molecule has 0 amide bonds. The first kappa shape index (κ1) is 11.0. The Morgan fingerprint density at radius 2 is 2.15 bits per heavy atom. The Labute approximate surface area is 83.3 Å². The molecular formula is C12H25N. The molecule has 0 heterocycles. The molecule has 1 nitrogen and oxygen atoms in total. The summed E-state index contributed by atoms with van der Waals surface area (Å²) < 4.78 is 0. The van der Waals surface area contributed by atoms with Gasteiger partial charge in [-0.1, -0.05) is 26.7 Å². The predicted molar refractivity (Wildman–Crippen MR) is 58.9 cm³/mol. The van der Waals surface area contributed by atoms with Gasteiger partial charge in [-0.25, -0.2) is 0 Å². The molecule has 0 spiro atoms. The van der Waals surface area contributed by atoms with Crippen molar-refractivity contribution in [2.24, 2.45) is 11.8 Å². The van der Waals surface area contributed by atoms with Crippen LogP contribution in [-0.4, -0.2) is 12.6 Å². The summed E-state index contributed by atoms with van der Waals surface area (Å²) in [4.78, 5) is 0. The Morgan fingerprint density at radius 1 is 1.38 bits per heavy atom. The molecule has 0 radical (unpaired) electrons. The first-order valence-corrected chi connectivity index (χ1v) is 5.97. The highest BCUT2D eigenvalue weighted by molar-refractivity contribution is 4.78. The first-order chi connectivity index (χ1) is 6.24. The second kappa shape index (κ2) is 5.64. The van der Waals surface area contributed by atoms with Crippen LogP contribution in [0.1, 0.15) is 52.9 Å². The average molecular weight is 183 g/mol. The third kappa shape index (κ3) is 3.68. The molecule has 1 N–H and O–H groups in total. The number of hydrogen-bond donors (Lipinski definition) is 1. The molecule has 13 heavy (non-hydrogen) atoms. The molecular weight excluding hydrogens is 158 g/mol. The van der Waals surface area contributed by atoms with Crippen LogP contribution in [0.5, 0.6) is 0 Å². The van der Waals surface area contributed by atoms with E-state index in [1.165, 1.54) is 38.6 Å². The van der Waals surface area contributed by atoms with E-state index in [1.54, 1.807) is 0 Å². The Morgan fingerprint density at radius 3 is 2.77 bits per heavy atom. The van der Waals surface area contributed by atoms with Crippen molar-refractivity contribution in [2.75, 3.05) is 6.54 Å².